The quantitative estimate of drug-likeness (QED) is 0.800. The van der Waals surface area contributed by atoms with Gasteiger partial charge in [-0.1, -0.05) is 18.2 Å². The molecule has 98 valence electrons. The van der Waals surface area contributed by atoms with E-state index in [0.29, 0.717) is 0 Å². The fourth-order valence-electron chi connectivity index (χ4n) is 2.09. The molecule has 4 nitrogen and oxygen atoms in total. The number of nitrogens with zero attached hydrogens (tertiary/aromatic N) is 1. The maximum Gasteiger partial charge on any atom is 0.260 e. The zero-order valence-corrected chi connectivity index (χ0v) is 11.1. The van der Waals surface area contributed by atoms with Crippen LogP contribution in [0.15, 0.2) is 24.3 Å². The van der Waals surface area contributed by atoms with Gasteiger partial charge in [0.1, 0.15) is 5.75 Å². The molecule has 1 fully saturated rings. The summed E-state index contributed by atoms with van der Waals surface area (Å²) in [6.45, 7) is 5.85. The van der Waals surface area contributed by atoms with E-state index in [2.05, 4.69) is 7.05 Å². The first-order valence-electron chi connectivity index (χ1n) is 6.44. The summed E-state index contributed by atoms with van der Waals surface area (Å²) in [6.07, 6.45) is 0. The van der Waals surface area contributed by atoms with Crippen LogP contribution in [0.25, 0.3) is 0 Å². The number of carbonyl (C=O) groups excluding carboxylic acids is 1. The third-order valence-electron chi connectivity index (χ3n) is 3.41. The molecule has 1 heterocycles. The summed E-state index contributed by atoms with van der Waals surface area (Å²) in [6, 6.07) is 7.77. The van der Waals surface area contributed by atoms with Crippen LogP contribution < -0.4 is 9.64 Å². The van der Waals surface area contributed by atoms with Crippen molar-refractivity contribution in [1.29, 1.82) is 0 Å². The van der Waals surface area contributed by atoms with Gasteiger partial charge in [-0.3, -0.25) is 4.79 Å². The van der Waals surface area contributed by atoms with Crippen molar-refractivity contribution in [2.45, 2.75) is 6.92 Å². The van der Waals surface area contributed by atoms with Crippen LogP contribution in [0, 0.1) is 6.92 Å². The van der Waals surface area contributed by atoms with E-state index in [1.165, 1.54) is 4.90 Å². The average molecular weight is 249 g/mol. The molecule has 1 amide bonds. The summed E-state index contributed by atoms with van der Waals surface area (Å²) in [5.41, 5.74) is 1.06. The van der Waals surface area contributed by atoms with Crippen molar-refractivity contribution >= 4 is 5.91 Å². The van der Waals surface area contributed by atoms with E-state index < -0.39 is 0 Å². The fourth-order valence-corrected chi connectivity index (χ4v) is 2.09. The van der Waals surface area contributed by atoms with Crippen molar-refractivity contribution in [1.82, 2.24) is 4.90 Å². The third kappa shape index (κ3) is 3.23. The van der Waals surface area contributed by atoms with Crippen molar-refractivity contribution in [3.63, 3.8) is 0 Å². The Balaban J connectivity index is 1.83. The first kappa shape index (κ1) is 12.9. The zero-order chi connectivity index (χ0) is 13.0. The number of para-hydroxylation sites is 1. The molecule has 1 aromatic carbocycles. The SMILES string of the molecule is Cc1ccccc1OCC(=O)N1CC[NH+](C)CC1. The van der Waals surface area contributed by atoms with Gasteiger partial charge in [-0.15, -0.1) is 0 Å². The van der Waals surface area contributed by atoms with E-state index in [-0.39, 0.29) is 12.5 Å². The Morgan fingerprint density at radius 1 is 1.33 bits per heavy atom. The van der Waals surface area contributed by atoms with Crippen LogP contribution in [-0.4, -0.2) is 50.6 Å². The first-order valence-corrected chi connectivity index (χ1v) is 6.44. The number of likely N-dealkylation sites (N-methyl/N-ethyl adjacent to an activating group) is 1. The van der Waals surface area contributed by atoms with Crippen LogP contribution in [0.3, 0.4) is 0 Å². The van der Waals surface area contributed by atoms with Gasteiger partial charge >= 0.3 is 0 Å². The Kier molecular flexibility index (Phi) is 4.20. The van der Waals surface area contributed by atoms with Gasteiger partial charge in [0.05, 0.1) is 33.2 Å². The predicted molar refractivity (Wildman–Crippen MR) is 69.9 cm³/mol. The molecule has 0 unspecified atom stereocenters. The Labute approximate surface area is 108 Å². The van der Waals surface area contributed by atoms with Crippen LogP contribution in [0.4, 0.5) is 0 Å². The second-order valence-electron chi connectivity index (χ2n) is 4.89. The third-order valence-corrected chi connectivity index (χ3v) is 3.41. The van der Waals surface area contributed by atoms with Crippen LogP contribution in [0.1, 0.15) is 5.56 Å². The molecule has 0 aromatic heterocycles. The van der Waals surface area contributed by atoms with Gasteiger partial charge in [0.25, 0.3) is 5.91 Å². The Morgan fingerprint density at radius 2 is 2.00 bits per heavy atom. The Hall–Kier alpha value is -1.55. The molecule has 0 saturated carbocycles. The molecular formula is C14H21N2O2+. The molecule has 2 rings (SSSR count). The summed E-state index contributed by atoms with van der Waals surface area (Å²) in [5, 5.41) is 0. The van der Waals surface area contributed by atoms with Crippen LogP contribution in [0.2, 0.25) is 0 Å². The number of amides is 1. The molecule has 1 aromatic rings. The smallest absolute Gasteiger partial charge is 0.260 e. The van der Waals surface area contributed by atoms with E-state index in [4.69, 9.17) is 4.74 Å². The van der Waals surface area contributed by atoms with Crippen molar-refractivity contribution in [2.24, 2.45) is 0 Å². The lowest BCUT2D eigenvalue weighted by Crippen LogP contribution is -3.12. The normalized spacial score (nSPS) is 16.7. The molecule has 18 heavy (non-hydrogen) atoms. The largest absolute Gasteiger partial charge is 0.484 e. The second kappa shape index (κ2) is 5.87. The first-order chi connectivity index (χ1) is 8.66. The fraction of sp³-hybridized carbons (Fsp3) is 0.500. The molecule has 1 saturated heterocycles. The summed E-state index contributed by atoms with van der Waals surface area (Å²) in [4.78, 5) is 15.4. The molecule has 0 aliphatic carbocycles. The van der Waals surface area contributed by atoms with Crippen LogP contribution >= 0.6 is 0 Å². The number of aryl methyl sites for hydroxylation is 1. The summed E-state index contributed by atoms with van der Waals surface area (Å²) in [7, 11) is 2.16. The molecule has 1 aliphatic heterocycles. The van der Waals surface area contributed by atoms with Crippen LogP contribution in [0.5, 0.6) is 5.75 Å². The van der Waals surface area contributed by atoms with Gasteiger partial charge in [0, 0.05) is 0 Å². The molecule has 4 heteroatoms. The zero-order valence-electron chi connectivity index (χ0n) is 11.1. The average Bonchev–Trinajstić information content (AvgIpc) is 2.38. The van der Waals surface area contributed by atoms with Gasteiger partial charge < -0.3 is 14.5 Å². The number of carbonyl (C=O) groups is 1. The Morgan fingerprint density at radius 3 is 2.67 bits per heavy atom. The molecule has 1 N–H and O–H groups in total. The minimum absolute atomic E-state index is 0.0887. The summed E-state index contributed by atoms with van der Waals surface area (Å²) < 4.78 is 5.58. The summed E-state index contributed by atoms with van der Waals surface area (Å²) in [5.74, 6) is 0.886. The minimum Gasteiger partial charge on any atom is -0.484 e. The van der Waals surface area contributed by atoms with Gasteiger partial charge in [0.15, 0.2) is 6.61 Å². The maximum atomic E-state index is 12.0. The highest BCUT2D eigenvalue weighted by molar-refractivity contribution is 5.77. The number of hydrogen-bond donors (Lipinski definition) is 1. The molecular weight excluding hydrogens is 228 g/mol. The minimum atomic E-state index is 0.0887. The van der Waals surface area contributed by atoms with Crippen molar-refractivity contribution in [3.8, 4) is 5.75 Å². The van der Waals surface area contributed by atoms with Crippen molar-refractivity contribution in [2.75, 3.05) is 39.8 Å². The number of hydrogen-bond acceptors (Lipinski definition) is 2. The van der Waals surface area contributed by atoms with Crippen molar-refractivity contribution < 1.29 is 14.4 Å². The van der Waals surface area contributed by atoms with E-state index in [1.54, 1.807) is 0 Å². The van der Waals surface area contributed by atoms with E-state index in [1.807, 2.05) is 36.1 Å². The maximum absolute atomic E-state index is 12.0. The van der Waals surface area contributed by atoms with E-state index in [0.717, 1.165) is 37.5 Å². The molecule has 0 radical (unpaired) electrons. The molecule has 1 aliphatic rings. The molecule has 0 bridgehead atoms. The number of piperazine rings is 1. The number of quaternary nitrogens is 1. The van der Waals surface area contributed by atoms with Gasteiger partial charge in [-0.25, -0.2) is 0 Å². The highest BCUT2D eigenvalue weighted by atomic mass is 16.5. The Bertz CT molecular complexity index is 412. The van der Waals surface area contributed by atoms with Gasteiger partial charge in [-0.05, 0) is 18.6 Å². The monoisotopic (exact) mass is 249 g/mol. The predicted octanol–water partition coefficient (Wildman–Crippen LogP) is -0.269. The molecule has 0 atom stereocenters. The number of nitrogens with one attached hydrogen (secondary N) is 1. The van der Waals surface area contributed by atoms with E-state index in [9.17, 15) is 4.79 Å². The number of rotatable bonds is 3. The highest BCUT2D eigenvalue weighted by Gasteiger charge is 2.21. The van der Waals surface area contributed by atoms with Crippen LogP contribution in [-0.2, 0) is 4.79 Å². The highest BCUT2D eigenvalue weighted by Crippen LogP contribution is 2.15. The lowest BCUT2D eigenvalue weighted by atomic mass is 10.2. The summed E-state index contributed by atoms with van der Waals surface area (Å²) >= 11 is 0. The number of ether oxygens (including phenoxy) is 1. The topological polar surface area (TPSA) is 34.0 Å². The van der Waals surface area contributed by atoms with Gasteiger partial charge in [-0.2, -0.15) is 0 Å². The second-order valence-corrected chi connectivity index (χ2v) is 4.89. The lowest BCUT2D eigenvalue weighted by molar-refractivity contribution is -0.883. The standard InChI is InChI=1S/C14H20N2O2/c1-12-5-3-4-6-13(12)18-11-14(17)16-9-7-15(2)8-10-16/h3-6H,7-11H2,1-2H3/p+1. The van der Waals surface area contributed by atoms with E-state index >= 15 is 0 Å². The molecule has 0 spiro atoms. The van der Waals surface area contributed by atoms with Gasteiger partial charge in [0.2, 0.25) is 0 Å². The lowest BCUT2D eigenvalue weighted by Gasteiger charge is -2.30. The number of benzene rings is 1. The van der Waals surface area contributed by atoms with Crippen molar-refractivity contribution in [3.05, 3.63) is 29.8 Å².